The highest BCUT2D eigenvalue weighted by atomic mass is 16.5. The van der Waals surface area contributed by atoms with Crippen molar-refractivity contribution < 1.29 is 14.6 Å². The molecule has 1 atom stereocenters. The lowest BCUT2D eigenvalue weighted by atomic mass is 9.77. The second kappa shape index (κ2) is 11.1. The lowest BCUT2D eigenvalue weighted by molar-refractivity contribution is 0.0285. The number of nitrogens with one attached hydrogen (secondary N) is 1. The molecule has 10 nitrogen and oxygen atoms in total. The smallest absolute Gasteiger partial charge is 0.158 e. The summed E-state index contributed by atoms with van der Waals surface area (Å²) in [5, 5.41) is 14.0. The van der Waals surface area contributed by atoms with Crippen molar-refractivity contribution in [3.63, 3.8) is 0 Å². The summed E-state index contributed by atoms with van der Waals surface area (Å²) in [5.74, 6) is 1.26. The highest BCUT2D eigenvalue weighted by Crippen LogP contribution is 2.45. The van der Waals surface area contributed by atoms with Crippen LogP contribution in [0.2, 0.25) is 0 Å². The fourth-order valence-electron chi connectivity index (χ4n) is 5.80. The molecule has 39 heavy (non-hydrogen) atoms. The van der Waals surface area contributed by atoms with Gasteiger partial charge in [-0.2, -0.15) is 0 Å². The first kappa shape index (κ1) is 26.1. The molecular formula is C29H37N7O3. The third kappa shape index (κ3) is 5.48. The van der Waals surface area contributed by atoms with Gasteiger partial charge in [0.05, 0.1) is 13.2 Å². The van der Waals surface area contributed by atoms with Crippen LogP contribution in [-0.4, -0.2) is 76.6 Å². The minimum Gasteiger partial charge on any atom is -0.381 e. The van der Waals surface area contributed by atoms with Gasteiger partial charge < -0.3 is 30.5 Å². The van der Waals surface area contributed by atoms with Gasteiger partial charge in [0.25, 0.3) is 0 Å². The lowest BCUT2D eigenvalue weighted by Gasteiger charge is -2.55. The molecule has 0 radical (unpaired) electrons. The first-order valence-electron chi connectivity index (χ1n) is 13.8. The maximum Gasteiger partial charge on any atom is 0.158 e. The fraction of sp³-hybridized carbons (Fsp3) is 0.483. The van der Waals surface area contributed by atoms with Gasteiger partial charge in [-0.05, 0) is 56.0 Å². The molecule has 3 aliphatic rings. The lowest BCUT2D eigenvalue weighted by Crippen LogP contribution is -2.63. The summed E-state index contributed by atoms with van der Waals surface area (Å²) in [6, 6.07) is 12.2. The number of nitrogens with two attached hydrogens (primary N) is 1. The molecule has 5 heterocycles. The summed E-state index contributed by atoms with van der Waals surface area (Å²) in [5.41, 5.74) is 11.0. The molecule has 206 valence electrons. The Morgan fingerprint density at radius 2 is 1.74 bits per heavy atom. The number of pyridine rings is 1. The summed E-state index contributed by atoms with van der Waals surface area (Å²) >= 11 is 0. The molecule has 2 aromatic heterocycles. The van der Waals surface area contributed by atoms with Gasteiger partial charge in [-0.3, -0.25) is 9.88 Å². The number of hydrogen-bond donors (Lipinski definition) is 3. The van der Waals surface area contributed by atoms with Crippen LogP contribution in [0, 0.1) is 6.92 Å². The zero-order valence-electron chi connectivity index (χ0n) is 22.5. The van der Waals surface area contributed by atoms with Crippen molar-refractivity contribution in [2.75, 3.05) is 56.3 Å². The molecule has 1 unspecified atom stereocenters. The van der Waals surface area contributed by atoms with Gasteiger partial charge in [0.1, 0.15) is 17.6 Å². The predicted octanol–water partition coefficient (Wildman–Crippen LogP) is 3.13. The van der Waals surface area contributed by atoms with E-state index in [2.05, 4.69) is 32.2 Å². The number of hydrogen-bond acceptors (Lipinski definition) is 10. The highest BCUT2D eigenvalue weighted by Gasteiger charge is 2.47. The van der Waals surface area contributed by atoms with Gasteiger partial charge in [-0.15, -0.1) is 0 Å². The number of aliphatic hydroxyl groups is 1. The average Bonchev–Trinajstić information content (AvgIpc) is 2.94. The van der Waals surface area contributed by atoms with Crippen LogP contribution in [0.1, 0.15) is 42.4 Å². The molecule has 1 spiro atoms. The molecule has 0 aliphatic carbocycles. The Morgan fingerprint density at radius 3 is 2.41 bits per heavy atom. The monoisotopic (exact) mass is 531 g/mol. The van der Waals surface area contributed by atoms with Gasteiger partial charge >= 0.3 is 0 Å². The van der Waals surface area contributed by atoms with Crippen molar-refractivity contribution in [1.29, 1.82) is 0 Å². The van der Waals surface area contributed by atoms with Crippen molar-refractivity contribution in [1.82, 2.24) is 19.9 Å². The number of morpholine rings is 1. The topological polar surface area (TPSA) is 122 Å². The molecule has 0 bridgehead atoms. The summed E-state index contributed by atoms with van der Waals surface area (Å²) in [7, 11) is 0. The van der Waals surface area contributed by atoms with E-state index < -0.39 is 6.23 Å². The second-order valence-corrected chi connectivity index (χ2v) is 10.7. The van der Waals surface area contributed by atoms with Crippen molar-refractivity contribution in [2.24, 2.45) is 5.73 Å². The molecule has 0 amide bonds. The molecule has 4 N–H and O–H groups in total. The van der Waals surface area contributed by atoms with Crippen LogP contribution in [0.4, 0.5) is 17.3 Å². The van der Waals surface area contributed by atoms with Crippen LogP contribution >= 0.6 is 0 Å². The Balaban J connectivity index is 1.34. The normalized spacial score (nSPS) is 20.0. The summed E-state index contributed by atoms with van der Waals surface area (Å²) in [6.07, 6.45) is 3.50. The van der Waals surface area contributed by atoms with E-state index in [1.54, 1.807) is 6.20 Å². The van der Waals surface area contributed by atoms with Gasteiger partial charge in [-0.25, -0.2) is 9.97 Å². The number of aryl methyl sites for hydroxylation is 1. The molecule has 3 fully saturated rings. The van der Waals surface area contributed by atoms with Gasteiger partial charge in [-0.1, -0.05) is 12.1 Å². The third-order valence-electron chi connectivity index (χ3n) is 8.13. The van der Waals surface area contributed by atoms with Crippen molar-refractivity contribution in [3.05, 3.63) is 59.5 Å². The Hall–Kier alpha value is -3.15. The predicted molar refractivity (Wildman–Crippen MR) is 150 cm³/mol. The van der Waals surface area contributed by atoms with Crippen molar-refractivity contribution in [2.45, 2.75) is 44.5 Å². The zero-order chi connectivity index (χ0) is 26.8. The summed E-state index contributed by atoms with van der Waals surface area (Å²) in [6.45, 7) is 8.69. The molecule has 1 aromatic carbocycles. The third-order valence-corrected chi connectivity index (χ3v) is 8.13. The van der Waals surface area contributed by atoms with E-state index in [1.165, 1.54) is 5.56 Å². The maximum atomic E-state index is 10.6. The molecule has 6 rings (SSSR count). The van der Waals surface area contributed by atoms with Crippen LogP contribution in [0.25, 0.3) is 11.3 Å². The number of aliphatic hydroxyl groups excluding tert-OH is 1. The maximum absolute atomic E-state index is 10.6. The zero-order valence-corrected chi connectivity index (χ0v) is 22.5. The van der Waals surface area contributed by atoms with Crippen LogP contribution < -0.4 is 16.0 Å². The highest BCUT2D eigenvalue weighted by molar-refractivity contribution is 5.77. The molecular weight excluding hydrogens is 494 g/mol. The Kier molecular flexibility index (Phi) is 7.46. The number of anilines is 3. The minimum atomic E-state index is -1.29. The van der Waals surface area contributed by atoms with Gasteiger partial charge in [0, 0.05) is 68.1 Å². The van der Waals surface area contributed by atoms with E-state index in [9.17, 15) is 5.11 Å². The summed E-state index contributed by atoms with van der Waals surface area (Å²) in [4.78, 5) is 19.2. The average molecular weight is 532 g/mol. The van der Waals surface area contributed by atoms with Crippen LogP contribution in [0.15, 0.2) is 42.6 Å². The minimum absolute atomic E-state index is 0.0189. The van der Waals surface area contributed by atoms with Crippen molar-refractivity contribution >= 4 is 17.3 Å². The van der Waals surface area contributed by atoms with Crippen LogP contribution in [0.5, 0.6) is 0 Å². The number of aromatic nitrogens is 3. The Bertz CT molecular complexity index is 1290. The number of benzene rings is 1. The van der Waals surface area contributed by atoms with E-state index in [4.69, 9.17) is 25.2 Å². The van der Waals surface area contributed by atoms with Gasteiger partial charge in [0.15, 0.2) is 11.6 Å². The fourth-order valence-corrected chi connectivity index (χ4v) is 5.80. The first-order chi connectivity index (χ1) is 19.0. The standard InChI is InChI=1S/C29H37N7O3/c1-20-18-22(6-10-31-20)24-28(36-11-7-29(36)8-14-38-15-9-29)34-27(25(33-24)26(30)37)32-23-4-2-21(3-5-23)19-35-12-16-39-17-13-35/h2-6,10,18,26,37H,7-9,11-17,19,30H2,1H3,(H,32,34). The SMILES string of the molecule is Cc1cc(-c2nc(C(N)O)c(Nc3ccc(CN4CCOCC4)cc3)nc2N2CCC23CCOCC3)ccn1. The van der Waals surface area contributed by atoms with Crippen LogP contribution in [-0.2, 0) is 16.0 Å². The second-order valence-electron chi connectivity index (χ2n) is 10.7. The number of nitrogens with zero attached hydrogens (tertiary/aromatic N) is 5. The van der Waals surface area contributed by atoms with E-state index in [0.717, 1.165) is 94.6 Å². The quantitative estimate of drug-likeness (QED) is 0.392. The molecule has 0 saturated carbocycles. The number of ether oxygens (including phenoxy) is 2. The van der Waals surface area contributed by atoms with E-state index in [-0.39, 0.29) is 5.54 Å². The molecule has 10 heteroatoms. The Labute approximate surface area is 229 Å². The molecule has 3 aromatic rings. The number of rotatable bonds is 7. The summed E-state index contributed by atoms with van der Waals surface area (Å²) < 4.78 is 11.1. The van der Waals surface area contributed by atoms with E-state index >= 15 is 0 Å². The molecule has 3 saturated heterocycles. The largest absolute Gasteiger partial charge is 0.381 e. The molecule has 3 aliphatic heterocycles. The van der Waals surface area contributed by atoms with Gasteiger partial charge in [0.2, 0.25) is 0 Å². The first-order valence-corrected chi connectivity index (χ1v) is 13.8. The van der Waals surface area contributed by atoms with E-state index in [1.807, 2.05) is 31.2 Å². The van der Waals surface area contributed by atoms with Crippen molar-refractivity contribution in [3.8, 4) is 11.3 Å². The Morgan fingerprint density at radius 1 is 1.00 bits per heavy atom. The van der Waals surface area contributed by atoms with Crippen LogP contribution in [0.3, 0.4) is 0 Å². The van der Waals surface area contributed by atoms with E-state index in [0.29, 0.717) is 17.2 Å².